The van der Waals surface area contributed by atoms with E-state index in [1.165, 1.54) is 6.92 Å². The molecular formula is C9H20ClN3O2. The molecule has 0 radical (unpaired) electrons. The van der Waals surface area contributed by atoms with E-state index >= 15 is 0 Å². The van der Waals surface area contributed by atoms with Crippen LogP contribution >= 0.6 is 12.4 Å². The summed E-state index contributed by atoms with van der Waals surface area (Å²) in [7, 11) is 1.57. The maximum Gasteiger partial charge on any atom is 0.236 e. The molecule has 0 rings (SSSR count). The smallest absolute Gasteiger partial charge is 0.236 e. The number of carbonyl (C=O) groups is 2. The number of unbranched alkanes of at least 4 members (excludes halogenated alkanes) is 1. The van der Waals surface area contributed by atoms with Crippen LogP contribution in [0, 0.1) is 0 Å². The largest absolute Gasteiger partial charge is 0.358 e. The molecule has 0 saturated carbocycles. The van der Waals surface area contributed by atoms with Crippen LogP contribution in [0.1, 0.15) is 26.2 Å². The van der Waals surface area contributed by atoms with Gasteiger partial charge in [-0.05, 0) is 19.3 Å². The molecule has 0 aromatic carbocycles. The number of nitrogens with two attached hydrogens (primary N) is 1. The van der Waals surface area contributed by atoms with Gasteiger partial charge in [-0.2, -0.15) is 0 Å². The second-order valence-electron chi connectivity index (χ2n) is 3.20. The monoisotopic (exact) mass is 237 g/mol. The predicted octanol–water partition coefficient (Wildman–Crippen LogP) is -0.212. The number of carbonyl (C=O) groups excluding carboxylic acids is 2. The minimum atomic E-state index is -0.433. The zero-order valence-electron chi connectivity index (χ0n) is 9.21. The van der Waals surface area contributed by atoms with Gasteiger partial charge in [0.05, 0.1) is 6.04 Å². The first-order chi connectivity index (χ1) is 6.57. The van der Waals surface area contributed by atoms with Crippen molar-refractivity contribution in [3.63, 3.8) is 0 Å². The molecule has 0 bridgehead atoms. The average molecular weight is 238 g/mol. The van der Waals surface area contributed by atoms with Crippen molar-refractivity contribution in [2.45, 2.75) is 32.2 Å². The Hall–Kier alpha value is -0.810. The fraction of sp³-hybridized carbons (Fsp3) is 0.778. The van der Waals surface area contributed by atoms with Crippen LogP contribution in [-0.4, -0.2) is 31.4 Å². The van der Waals surface area contributed by atoms with E-state index < -0.39 is 6.04 Å². The van der Waals surface area contributed by atoms with E-state index in [1.54, 1.807) is 7.05 Å². The Balaban J connectivity index is 0. The minimum Gasteiger partial charge on any atom is -0.358 e. The van der Waals surface area contributed by atoms with Crippen molar-refractivity contribution < 1.29 is 9.59 Å². The van der Waals surface area contributed by atoms with E-state index in [9.17, 15) is 9.59 Å². The first-order valence-electron chi connectivity index (χ1n) is 4.79. The molecule has 0 aliphatic rings. The molecule has 5 nitrogen and oxygen atoms in total. The molecule has 15 heavy (non-hydrogen) atoms. The summed E-state index contributed by atoms with van der Waals surface area (Å²) in [6.07, 6.45) is 2.35. The SMILES string of the molecule is CNC(=O)[C@@H](N)CCCCNC(C)=O.Cl. The molecular weight excluding hydrogens is 218 g/mol. The Morgan fingerprint density at radius 3 is 2.40 bits per heavy atom. The van der Waals surface area contributed by atoms with Gasteiger partial charge in [0.2, 0.25) is 11.8 Å². The van der Waals surface area contributed by atoms with Crippen molar-refractivity contribution >= 4 is 24.2 Å². The van der Waals surface area contributed by atoms with Gasteiger partial charge in [-0.15, -0.1) is 12.4 Å². The Bertz CT molecular complexity index is 200. The van der Waals surface area contributed by atoms with Gasteiger partial charge in [0, 0.05) is 20.5 Å². The number of hydrogen-bond donors (Lipinski definition) is 3. The van der Waals surface area contributed by atoms with Gasteiger partial charge < -0.3 is 16.4 Å². The van der Waals surface area contributed by atoms with Crippen molar-refractivity contribution in [1.29, 1.82) is 0 Å². The molecule has 4 N–H and O–H groups in total. The predicted molar refractivity (Wildman–Crippen MR) is 61.8 cm³/mol. The van der Waals surface area contributed by atoms with Crippen molar-refractivity contribution in [3.8, 4) is 0 Å². The number of rotatable bonds is 6. The van der Waals surface area contributed by atoms with Crippen molar-refractivity contribution in [2.24, 2.45) is 5.73 Å². The molecule has 0 aromatic rings. The highest BCUT2D eigenvalue weighted by Crippen LogP contribution is 1.97. The number of likely N-dealkylation sites (N-methyl/N-ethyl adjacent to an activating group) is 1. The first-order valence-corrected chi connectivity index (χ1v) is 4.79. The lowest BCUT2D eigenvalue weighted by molar-refractivity contribution is -0.122. The molecule has 0 heterocycles. The van der Waals surface area contributed by atoms with Crippen LogP contribution < -0.4 is 16.4 Å². The van der Waals surface area contributed by atoms with E-state index in [0.717, 1.165) is 12.8 Å². The third-order valence-corrected chi connectivity index (χ3v) is 1.90. The van der Waals surface area contributed by atoms with Gasteiger partial charge in [-0.1, -0.05) is 0 Å². The highest BCUT2D eigenvalue weighted by atomic mass is 35.5. The summed E-state index contributed by atoms with van der Waals surface area (Å²) in [6.45, 7) is 2.13. The zero-order valence-corrected chi connectivity index (χ0v) is 10.0. The third-order valence-electron chi connectivity index (χ3n) is 1.90. The van der Waals surface area contributed by atoms with Crippen molar-refractivity contribution in [1.82, 2.24) is 10.6 Å². The summed E-state index contributed by atoms with van der Waals surface area (Å²) in [6, 6.07) is -0.433. The third kappa shape index (κ3) is 9.49. The molecule has 1 atom stereocenters. The maximum atomic E-state index is 11.0. The van der Waals surface area contributed by atoms with Crippen molar-refractivity contribution in [2.75, 3.05) is 13.6 Å². The van der Waals surface area contributed by atoms with Crippen LogP contribution in [0.3, 0.4) is 0 Å². The molecule has 0 aromatic heterocycles. The quantitative estimate of drug-likeness (QED) is 0.559. The highest BCUT2D eigenvalue weighted by molar-refractivity contribution is 5.85. The van der Waals surface area contributed by atoms with Crippen LogP contribution in [0.2, 0.25) is 0 Å². The number of amides is 2. The molecule has 0 fully saturated rings. The molecule has 0 aliphatic carbocycles. The minimum absolute atomic E-state index is 0. The average Bonchev–Trinajstić information content (AvgIpc) is 2.15. The molecule has 0 aliphatic heterocycles. The fourth-order valence-corrected chi connectivity index (χ4v) is 1.07. The van der Waals surface area contributed by atoms with Gasteiger partial charge in [-0.25, -0.2) is 0 Å². The zero-order chi connectivity index (χ0) is 11.0. The topological polar surface area (TPSA) is 84.2 Å². The van der Waals surface area contributed by atoms with E-state index in [-0.39, 0.29) is 24.2 Å². The molecule has 90 valence electrons. The normalized spacial score (nSPS) is 11.1. The Labute approximate surface area is 96.6 Å². The lowest BCUT2D eigenvalue weighted by Crippen LogP contribution is -2.38. The van der Waals surface area contributed by atoms with E-state index in [0.29, 0.717) is 13.0 Å². The Morgan fingerprint density at radius 1 is 1.33 bits per heavy atom. The molecule has 0 spiro atoms. The van der Waals surface area contributed by atoms with Crippen LogP contribution in [0.4, 0.5) is 0 Å². The summed E-state index contributed by atoms with van der Waals surface area (Å²) in [4.78, 5) is 21.5. The first kappa shape index (κ1) is 16.6. The Kier molecular flexibility index (Phi) is 10.8. The van der Waals surface area contributed by atoms with Crippen molar-refractivity contribution in [3.05, 3.63) is 0 Å². The Morgan fingerprint density at radius 2 is 1.93 bits per heavy atom. The van der Waals surface area contributed by atoms with E-state index in [2.05, 4.69) is 10.6 Å². The summed E-state index contributed by atoms with van der Waals surface area (Å²) in [5, 5.41) is 5.17. The van der Waals surface area contributed by atoms with Gasteiger partial charge >= 0.3 is 0 Å². The molecule has 2 amide bonds. The molecule has 0 saturated heterocycles. The van der Waals surface area contributed by atoms with Crippen LogP contribution in [-0.2, 0) is 9.59 Å². The lowest BCUT2D eigenvalue weighted by Gasteiger charge is -2.09. The summed E-state index contributed by atoms with van der Waals surface area (Å²) < 4.78 is 0. The molecule has 0 unspecified atom stereocenters. The highest BCUT2D eigenvalue weighted by Gasteiger charge is 2.09. The second-order valence-corrected chi connectivity index (χ2v) is 3.20. The summed E-state index contributed by atoms with van der Waals surface area (Å²) in [5.41, 5.74) is 5.57. The maximum absolute atomic E-state index is 11.0. The number of nitrogens with one attached hydrogen (secondary N) is 2. The summed E-state index contributed by atoms with van der Waals surface area (Å²) >= 11 is 0. The van der Waals surface area contributed by atoms with Crippen LogP contribution in [0.5, 0.6) is 0 Å². The fourth-order valence-electron chi connectivity index (χ4n) is 1.07. The standard InChI is InChI=1S/C9H19N3O2.ClH/c1-7(13)12-6-4-3-5-8(10)9(14)11-2;/h8H,3-6,10H2,1-2H3,(H,11,14)(H,12,13);1H/t8-;/m0./s1. The van der Waals surface area contributed by atoms with Gasteiger partial charge in [0.15, 0.2) is 0 Å². The lowest BCUT2D eigenvalue weighted by atomic mass is 10.1. The second kappa shape index (κ2) is 9.73. The van der Waals surface area contributed by atoms with Gasteiger partial charge in [-0.3, -0.25) is 9.59 Å². The van der Waals surface area contributed by atoms with E-state index in [1.807, 2.05) is 0 Å². The number of hydrogen-bond acceptors (Lipinski definition) is 3. The van der Waals surface area contributed by atoms with Gasteiger partial charge in [0.25, 0.3) is 0 Å². The van der Waals surface area contributed by atoms with Crippen LogP contribution in [0.15, 0.2) is 0 Å². The van der Waals surface area contributed by atoms with E-state index in [4.69, 9.17) is 5.73 Å². The summed E-state index contributed by atoms with van der Waals surface area (Å²) in [5.74, 6) is -0.162. The van der Waals surface area contributed by atoms with Crippen LogP contribution in [0.25, 0.3) is 0 Å². The number of halogens is 1. The van der Waals surface area contributed by atoms with Gasteiger partial charge in [0.1, 0.15) is 0 Å². The molecule has 6 heteroatoms.